The van der Waals surface area contributed by atoms with Crippen molar-refractivity contribution in [1.82, 2.24) is 14.8 Å². The van der Waals surface area contributed by atoms with Crippen molar-refractivity contribution in [2.75, 3.05) is 4.72 Å². The Labute approximate surface area is 176 Å². The number of ether oxygens (including phenoxy) is 1. The molecule has 0 amide bonds. The molecule has 0 aliphatic rings. The van der Waals surface area contributed by atoms with Crippen LogP contribution in [0.2, 0.25) is 0 Å². The predicted molar refractivity (Wildman–Crippen MR) is 112 cm³/mol. The molecule has 30 heavy (non-hydrogen) atoms. The second-order valence-corrected chi connectivity index (χ2v) is 9.05. The summed E-state index contributed by atoms with van der Waals surface area (Å²) in [4.78, 5) is 3.64. The third-order valence-electron chi connectivity index (χ3n) is 4.19. The van der Waals surface area contributed by atoms with Crippen LogP contribution in [-0.4, -0.2) is 23.2 Å². The molecule has 0 aliphatic heterocycles. The SMILES string of the molecule is Cc1cc(C)n(-c2ccc(Oc3ccc(S(=O)(=O)Nc4nccs4)cc3F)cc2)n1. The lowest BCUT2D eigenvalue weighted by molar-refractivity contribution is 0.440. The van der Waals surface area contributed by atoms with Crippen LogP contribution in [0.5, 0.6) is 11.5 Å². The molecule has 154 valence electrons. The molecule has 1 N–H and O–H groups in total. The van der Waals surface area contributed by atoms with E-state index in [0.29, 0.717) is 5.75 Å². The van der Waals surface area contributed by atoms with E-state index >= 15 is 0 Å². The Kier molecular flexibility index (Phi) is 5.27. The number of aromatic nitrogens is 3. The van der Waals surface area contributed by atoms with Gasteiger partial charge >= 0.3 is 0 Å². The third-order valence-corrected chi connectivity index (χ3v) is 6.34. The van der Waals surface area contributed by atoms with Crippen LogP contribution in [0, 0.1) is 19.7 Å². The van der Waals surface area contributed by atoms with Crippen LogP contribution in [0.25, 0.3) is 5.69 Å². The maximum atomic E-state index is 14.5. The summed E-state index contributed by atoms with van der Waals surface area (Å²) < 4.78 is 48.9. The Morgan fingerprint density at radius 3 is 2.47 bits per heavy atom. The lowest BCUT2D eigenvalue weighted by Crippen LogP contribution is -2.13. The van der Waals surface area contributed by atoms with Gasteiger partial charge in [-0.1, -0.05) is 0 Å². The van der Waals surface area contributed by atoms with E-state index in [2.05, 4.69) is 14.8 Å². The Hall–Kier alpha value is -3.24. The van der Waals surface area contributed by atoms with E-state index in [1.807, 2.05) is 32.0 Å². The fraction of sp³-hybridized carbons (Fsp3) is 0.100. The first kappa shape index (κ1) is 20.0. The van der Waals surface area contributed by atoms with Crippen LogP contribution in [0.1, 0.15) is 11.4 Å². The highest BCUT2D eigenvalue weighted by atomic mass is 32.2. The number of thiazole rings is 1. The van der Waals surface area contributed by atoms with Gasteiger partial charge < -0.3 is 4.74 Å². The van der Waals surface area contributed by atoms with Crippen molar-refractivity contribution in [2.24, 2.45) is 0 Å². The summed E-state index contributed by atoms with van der Waals surface area (Å²) in [6.07, 6.45) is 1.47. The van der Waals surface area contributed by atoms with Crippen molar-refractivity contribution in [3.8, 4) is 17.2 Å². The fourth-order valence-corrected chi connectivity index (χ4v) is 4.65. The number of hydrogen-bond donors (Lipinski definition) is 1. The van der Waals surface area contributed by atoms with Crippen molar-refractivity contribution in [1.29, 1.82) is 0 Å². The second-order valence-electron chi connectivity index (χ2n) is 6.47. The van der Waals surface area contributed by atoms with E-state index in [-0.39, 0.29) is 15.8 Å². The standard InChI is InChI=1S/C20H17FN4O3S2/c1-13-11-14(2)25(23-13)15-3-5-16(6-4-15)28-19-8-7-17(12-18(19)21)30(26,27)24-20-22-9-10-29-20/h3-12H,1-2H3,(H,22,24). The van der Waals surface area contributed by atoms with Crippen molar-refractivity contribution in [2.45, 2.75) is 18.7 Å². The summed E-state index contributed by atoms with van der Waals surface area (Å²) in [6, 6.07) is 12.4. The molecule has 2 heterocycles. The van der Waals surface area contributed by atoms with E-state index in [9.17, 15) is 12.8 Å². The van der Waals surface area contributed by atoms with Gasteiger partial charge in [-0.3, -0.25) is 4.72 Å². The maximum Gasteiger partial charge on any atom is 0.263 e. The van der Waals surface area contributed by atoms with Crippen molar-refractivity contribution < 1.29 is 17.5 Å². The Balaban J connectivity index is 1.52. The van der Waals surface area contributed by atoms with Crippen LogP contribution >= 0.6 is 11.3 Å². The van der Waals surface area contributed by atoms with Gasteiger partial charge in [-0.25, -0.2) is 22.5 Å². The Bertz CT molecular complexity index is 1280. The number of benzene rings is 2. The lowest BCUT2D eigenvalue weighted by Gasteiger charge is -2.10. The van der Waals surface area contributed by atoms with Crippen LogP contribution in [0.15, 0.2) is 65.0 Å². The Morgan fingerprint density at radius 1 is 1.10 bits per heavy atom. The normalized spacial score (nSPS) is 11.4. The van der Waals surface area contributed by atoms with Gasteiger partial charge in [0.2, 0.25) is 0 Å². The van der Waals surface area contributed by atoms with Gasteiger partial charge in [0.15, 0.2) is 16.7 Å². The summed E-state index contributed by atoms with van der Waals surface area (Å²) >= 11 is 1.13. The second kappa shape index (κ2) is 7.88. The number of sulfonamides is 1. The number of hydrogen-bond acceptors (Lipinski definition) is 6. The number of nitrogens with zero attached hydrogens (tertiary/aromatic N) is 3. The molecule has 0 aliphatic carbocycles. The van der Waals surface area contributed by atoms with E-state index in [1.54, 1.807) is 22.2 Å². The molecule has 2 aromatic heterocycles. The van der Waals surface area contributed by atoms with Gasteiger partial charge in [0.25, 0.3) is 10.0 Å². The average molecular weight is 445 g/mol. The quantitative estimate of drug-likeness (QED) is 0.467. The van der Waals surface area contributed by atoms with Crippen molar-refractivity contribution in [3.63, 3.8) is 0 Å². The summed E-state index contributed by atoms with van der Waals surface area (Å²) in [5.74, 6) is -0.461. The molecule has 0 unspecified atom stereocenters. The predicted octanol–water partition coefficient (Wildman–Crippen LogP) is 4.68. The van der Waals surface area contributed by atoms with Gasteiger partial charge in [-0.15, -0.1) is 11.3 Å². The van der Waals surface area contributed by atoms with E-state index in [4.69, 9.17) is 4.74 Å². The van der Waals surface area contributed by atoms with Gasteiger partial charge in [-0.2, -0.15) is 5.10 Å². The average Bonchev–Trinajstić information content (AvgIpc) is 3.32. The molecule has 7 nitrogen and oxygen atoms in total. The van der Waals surface area contributed by atoms with Gasteiger partial charge in [-0.05, 0) is 62.4 Å². The molecule has 10 heteroatoms. The zero-order valence-corrected chi connectivity index (χ0v) is 17.7. The highest BCUT2D eigenvalue weighted by molar-refractivity contribution is 7.93. The molecular formula is C20H17FN4O3S2. The smallest absolute Gasteiger partial charge is 0.263 e. The summed E-state index contributed by atoms with van der Waals surface area (Å²) in [7, 11) is -3.94. The molecule has 0 radical (unpaired) electrons. The number of halogens is 1. The molecular weight excluding hydrogens is 427 g/mol. The molecule has 4 rings (SSSR count). The largest absolute Gasteiger partial charge is 0.454 e. The van der Waals surface area contributed by atoms with Gasteiger partial charge in [0.1, 0.15) is 5.75 Å². The van der Waals surface area contributed by atoms with Gasteiger partial charge in [0.05, 0.1) is 16.3 Å². The van der Waals surface area contributed by atoms with Crippen molar-refractivity contribution >= 4 is 26.5 Å². The summed E-state index contributed by atoms with van der Waals surface area (Å²) in [6.45, 7) is 3.87. The molecule has 0 atom stereocenters. The lowest BCUT2D eigenvalue weighted by atomic mass is 10.3. The zero-order chi connectivity index (χ0) is 21.3. The first-order chi connectivity index (χ1) is 14.3. The van der Waals surface area contributed by atoms with E-state index < -0.39 is 15.8 Å². The molecule has 0 spiro atoms. The minimum absolute atomic E-state index is 0.0814. The first-order valence-corrected chi connectivity index (χ1v) is 11.2. The van der Waals surface area contributed by atoms with Crippen LogP contribution in [0.4, 0.5) is 9.52 Å². The monoisotopic (exact) mass is 444 g/mol. The summed E-state index contributed by atoms with van der Waals surface area (Å²) in [5, 5.41) is 6.26. The van der Waals surface area contributed by atoms with Crippen molar-refractivity contribution in [3.05, 3.63) is 77.3 Å². The molecule has 0 fully saturated rings. The maximum absolute atomic E-state index is 14.5. The molecule has 2 aromatic carbocycles. The molecule has 4 aromatic rings. The number of aryl methyl sites for hydroxylation is 2. The van der Waals surface area contributed by atoms with Crippen LogP contribution in [-0.2, 0) is 10.0 Å². The van der Waals surface area contributed by atoms with Crippen LogP contribution in [0.3, 0.4) is 0 Å². The molecule has 0 saturated carbocycles. The number of rotatable bonds is 6. The third kappa shape index (κ3) is 4.19. The minimum atomic E-state index is -3.94. The van der Waals surface area contributed by atoms with Crippen LogP contribution < -0.4 is 9.46 Å². The van der Waals surface area contributed by atoms with Gasteiger partial charge in [0, 0.05) is 17.3 Å². The number of nitrogens with one attached hydrogen (secondary N) is 1. The zero-order valence-electron chi connectivity index (χ0n) is 16.0. The summed E-state index contributed by atoms with van der Waals surface area (Å²) in [5.41, 5.74) is 2.76. The fourth-order valence-electron chi connectivity index (χ4n) is 2.85. The molecule has 0 saturated heterocycles. The molecule has 0 bridgehead atoms. The minimum Gasteiger partial charge on any atom is -0.454 e. The van der Waals surface area contributed by atoms with E-state index in [1.165, 1.54) is 18.3 Å². The first-order valence-electron chi connectivity index (χ1n) is 8.85. The Morgan fingerprint density at radius 2 is 1.87 bits per heavy atom. The number of anilines is 1. The topological polar surface area (TPSA) is 86.1 Å². The highest BCUT2D eigenvalue weighted by Crippen LogP contribution is 2.28. The van der Waals surface area contributed by atoms with E-state index in [0.717, 1.165) is 34.5 Å². The highest BCUT2D eigenvalue weighted by Gasteiger charge is 2.18.